The lowest BCUT2D eigenvalue weighted by Crippen LogP contribution is -2.63. The fourth-order valence-electron chi connectivity index (χ4n) is 4.73. The van der Waals surface area contributed by atoms with E-state index in [1.165, 1.54) is 0 Å². The molecule has 4 heterocycles. The molecule has 0 radical (unpaired) electrons. The number of carbonyl (C=O) groups is 2. The highest BCUT2D eigenvalue weighted by molar-refractivity contribution is 5.92. The molecule has 5 rings (SSSR count). The highest BCUT2D eigenvalue weighted by Crippen LogP contribution is 2.51. The predicted molar refractivity (Wildman–Crippen MR) is 97.2 cm³/mol. The summed E-state index contributed by atoms with van der Waals surface area (Å²) in [6, 6.07) is 5.00. The molecule has 4 unspecified atom stereocenters. The molecule has 1 spiro atoms. The van der Waals surface area contributed by atoms with Gasteiger partial charge in [0.15, 0.2) is 6.10 Å². The van der Waals surface area contributed by atoms with Crippen molar-refractivity contribution in [3.05, 3.63) is 42.2 Å². The number of benzene rings is 1. The molecule has 1 N–H and O–H groups in total. The minimum absolute atomic E-state index is 0.124. The van der Waals surface area contributed by atoms with Gasteiger partial charge in [0, 0.05) is 42.8 Å². The second kappa shape index (κ2) is 6.00. The van der Waals surface area contributed by atoms with Crippen molar-refractivity contribution in [2.45, 2.75) is 43.1 Å². The predicted octanol–water partition coefficient (Wildman–Crippen LogP) is 1.64. The van der Waals surface area contributed by atoms with Gasteiger partial charge in [-0.2, -0.15) is 0 Å². The van der Waals surface area contributed by atoms with E-state index >= 15 is 0 Å². The van der Waals surface area contributed by atoms with Gasteiger partial charge in [0.25, 0.3) is 0 Å². The van der Waals surface area contributed by atoms with Gasteiger partial charge in [0.2, 0.25) is 5.72 Å². The zero-order valence-corrected chi connectivity index (χ0v) is 15.2. The van der Waals surface area contributed by atoms with Crippen molar-refractivity contribution >= 4 is 23.0 Å². The average Bonchev–Trinajstić information content (AvgIpc) is 2.88. The Morgan fingerprint density at radius 2 is 2.04 bits per heavy atom. The standard InChI is InChI=1S/C20H19N3O5/c1-23-11-6-7-20(23)19(27-17(25)4-5-18(26)28-20)13(8-11)16-10-21-15-9-12(24)2-3-14(15)22-16/h2-5,9-11,13,19,24H,6-8H2,1H3/b5-4-. The lowest BCUT2D eigenvalue weighted by Gasteiger charge is -2.49. The van der Waals surface area contributed by atoms with Crippen molar-refractivity contribution in [2.24, 2.45) is 0 Å². The van der Waals surface area contributed by atoms with Gasteiger partial charge in [0.05, 0.1) is 16.7 Å². The Morgan fingerprint density at radius 3 is 2.89 bits per heavy atom. The Labute approximate surface area is 160 Å². The highest BCUT2D eigenvalue weighted by atomic mass is 16.6. The SMILES string of the molecule is CN1C2CCC13OC(=O)/C=C\C(=O)OC3C(c1cnc3cc(O)ccc3n1)C2. The van der Waals surface area contributed by atoms with E-state index in [1.807, 2.05) is 11.9 Å². The van der Waals surface area contributed by atoms with Gasteiger partial charge in [-0.05, 0) is 32.0 Å². The van der Waals surface area contributed by atoms with Crippen molar-refractivity contribution in [1.29, 1.82) is 0 Å². The second-order valence-electron chi connectivity index (χ2n) is 7.57. The minimum atomic E-state index is -1.00. The van der Waals surface area contributed by atoms with Crippen molar-refractivity contribution in [1.82, 2.24) is 14.9 Å². The summed E-state index contributed by atoms with van der Waals surface area (Å²) in [5.74, 6) is -1.24. The average molecular weight is 381 g/mol. The first-order valence-corrected chi connectivity index (χ1v) is 9.26. The van der Waals surface area contributed by atoms with Crippen LogP contribution in [0.3, 0.4) is 0 Å². The number of aromatic nitrogens is 2. The van der Waals surface area contributed by atoms with Gasteiger partial charge in [0.1, 0.15) is 5.75 Å². The number of aromatic hydroxyl groups is 1. The summed E-state index contributed by atoms with van der Waals surface area (Å²) in [5, 5.41) is 9.63. The fraction of sp³-hybridized carbons (Fsp3) is 0.400. The van der Waals surface area contributed by atoms with Crippen LogP contribution in [-0.2, 0) is 19.1 Å². The zero-order chi connectivity index (χ0) is 19.5. The summed E-state index contributed by atoms with van der Waals surface area (Å²) in [7, 11) is 1.90. The number of fused-ring (bicyclic) bond motifs is 2. The first kappa shape index (κ1) is 17.1. The van der Waals surface area contributed by atoms with Crippen molar-refractivity contribution < 1.29 is 24.2 Å². The van der Waals surface area contributed by atoms with Gasteiger partial charge in [-0.1, -0.05) is 0 Å². The van der Waals surface area contributed by atoms with E-state index in [0.717, 1.165) is 25.0 Å². The van der Waals surface area contributed by atoms with E-state index in [-0.39, 0.29) is 17.7 Å². The number of hydrogen-bond acceptors (Lipinski definition) is 8. The minimum Gasteiger partial charge on any atom is -0.508 e. The molecule has 0 aliphatic carbocycles. The molecule has 2 saturated heterocycles. The van der Waals surface area contributed by atoms with Gasteiger partial charge >= 0.3 is 11.9 Å². The van der Waals surface area contributed by atoms with Crippen LogP contribution in [-0.4, -0.2) is 56.8 Å². The molecule has 2 bridgehead atoms. The number of rotatable bonds is 1. The fourth-order valence-corrected chi connectivity index (χ4v) is 4.73. The quantitative estimate of drug-likeness (QED) is 0.744. The maximum Gasteiger partial charge on any atom is 0.332 e. The van der Waals surface area contributed by atoms with E-state index in [2.05, 4.69) is 4.98 Å². The monoisotopic (exact) mass is 381 g/mol. The topological polar surface area (TPSA) is 102 Å². The van der Waals surface area contributed by atoms with E-state index in [4.69, 9.17) is 14.5 Å². The van der Waals surface area contributed by atoms with Gasteiger partial charge in [-0.15, -0.1) is 0 Å². The molecule has 2 aromatic rings. The molecule has 0 saturated carbocycles. The molecule has 8 nitrogen and oxygen atoms in total. The molecule has 144 valence electrons. The second-order valence-corrected chi connectivity index (χ2v) is 7.57. The third-order valence-electron chi connectivity index (χ3n) is 6.12. The number of esters is 2. The maximum atomic E-state index is 12.2. The normalized spacial score (nSPS) is 33.5. The molecule has 28 heavy (non-hydrogen) atoms. The van der Waals surface area contributed by atoms with Crippen molar-refractivity contribution in [2.75, 3.05) is 7.05 Å². The number of likely N-dealkylation sites (N-methyl/N-ethyl adjacent to an activating group) is 1. The van der Waals surface area contributed by atoms with Crippen LogP contribution in [0.1, 0.15) is 30.9 Å². The molecule has 1 aromatic heterocycles. The summed E-state index contributed by atoms with van der Waals surface area (Å²) < 4.78 is 11.6. The molecule has 0 amide bonds. The van der Waals surface area contributed by atoms with E-state index < -0.39 is 23.8 Å². The van der Waals surface area contributed by atoms with Crippen LogP contribution in [0.4, 0.5) is 0 Å². The molecule has 3 aliphatic heterocycles. The number of carbonyl (C=O) groups excluding carboxylic acids is 2. The number of nitrogens with zero attached hydrogens (tertiary/aromatic N) is 3. The van der Waals surface area contributed by atoms with Crippen LogP contribution in [0.5, 0.6) is 5.75 Å². The summed E-state index contributed by atoms with van der Waals surface area (Å²) in [6.07, 6.45) is 5.33. The van der Waals surface area contributed by atoms with Crippen LogP contribution in [0.25, 0.3) is 11.0 Å². The Kier molecular flexibility index (Phi) is 3.67. The Morgan fingerprint density at radius 1 is 1.21 bits per heavy atom. The molecule has 1 aromatic carbocycles. The van der Waals surface area contributed by atoms with Crippen molar-refractivity contribution in [3.8, 4) is 5.75 Å². The smallest absolute Gasteiger partial charge is 0.332 e. The molecule has 8 heteroatoms. The summed E-state index contributed by atoms with van der Waals surface area (Å²) in [6.45, 7) is 0. The van der Waals surface area contributed by atoms with Crippen LogP contribution in [0, 0.1) is 0 Å². The Balaban J connectivity index is 1.61. The molecule has 2 fully saturated rings. The summed E-state index contributed by atoms with van der Waals surface area (Å²) in [5.41, 5.74) is 0.903. The number of piperidine rings is 1. The summed E-state index contributed by atoms with van der Waals surface area (Å²) >= 11 is 0. The Bertz CT molecular complexity index is 1020. The molecular formula is C20H19N3O5. The molecular weight excluding hydrogens is 362 g/mol. The largest absolute Gasteiger partial charge is 0.508 e. The van der Waals surface area contributed by atoms with E-state index in [9.17, 15) is 14.7 Å². The lowest BCUT2D eigenvalue weighted by molar-refractivity contribution is -0.226. The van der Waals surface area contributed by atoms with Gasteiger partial charge < -0.3 is 14.6 Å². The molecule has 4 atom stereocenters. The van der Waals surface area contributed by atoms with E-state index in [0.29, 0.717) is 23.1 Å². The number of phenolic OH excluding ortho intramolecular Hbond substituents is 1. The zero-order valence-electron chi connectivity index (χ0n) is 15.2. The number of ether oxygens (including phenoxy) is 2. The third kappa shape index (κ3) is 2.48. The van der Waals surface area contributed by atoms with Crippen molar-refractivity contribution in [3.63, 3.8) is 0 Å². The first-order chi connectivity index (χ1) is 13.5. The van der Waals surface area contributed by atoms with E-state index in [1.54, 1.807) is 24.4 Å². The van der Waals surface area contributed by atoms with Gasteiger partial charge in [-0.25, -0.2) is 14.6 Å². The Hall–Kier alpha value is -3.00. The summed E-state index contributed by atoms with van der Waals surface area (Å²) in [4.78, 5) is 35.6. The van der Waals surface area contributed by atoms with Crippen LogP contribution >= 0.6 is 0 Å². The van der Waals surface area contributed by atoms with Crippen LogP contribution in [0.15, 0.2) is 36.5 Å². The maximum absolute atomic E-state index is 12.2. The van der Waals surface area contributed by atoms with Gasteiger partial charge in [-0.3, -0.25) is 9.88 Å². The number of hydrogen-bond donors (Lipinski definition) is 1. The number of phenols is 1. The lowest BCUT2D eigenvalue weighted by atomic mass is 9.83. The third-order valence-corrected chi connectivity index (χ3v) is 6.12. The van der Waals surface area contributed by atoms with Crippen LogP contribution in [0.2, 0.25) is 0 Å². The highest BCUT2D eigenvalue weighted by Gasteiger charge is 2.62. The molecule has 3 aliphatic rings. The van der Waals surface area contributed by atoms with Crippen LogP contribution < -0.4 is 0 Å². The first-order valence-electron chi connectivity index (χ1n) is 9.26.